The minimum Gasteiger partial charge on any atom is -0.394 e. The quantitative estimate of drug-likeness (QED) is 0.0682. The van der Waals surface area contributed by atoms with Crippen LogP contribution in [0, 0.1) is 0 Å². The number of aliphatic hydroxyl groups is 36. The maximum Gasteiger partial charge on any atom is 0.187 e. The highest BCUT2D eigenvalue weighted by molar-refractivity contribution is 5.06. The van der Waals surface area contributed by atoms with E-state index >= 15 is 0 Å². The van der Waals surface area contributed by atoms with Crippen LogP contribution in [0.25, 0.3) is 0 Å². The van der Waals surface area contributed by atoms with Crippen LogP contribution in [0.3, 0.4) is 0 Å². The zero-order valence-electron chi connectivity index (χ0n) is 69.0. The topological polar surface area (TPSA) is 950 Å². The third kappa shape index (κ3) is 21.5. The zero-order chi connectivity index (χ0) is 96.1. The van der Waals surface area contributed by atoms with Gasteiger partial charge in [-0.1, -0.05) is 0 Å². The highest BCUT2D eigenvalue weighted by Gasteiger charge is 2.64. The molecule has 40 heterocycles. The van der Waals surface area contributed by atoms with Crippen LogP contribution in [0.5, 0.6) is 0 Å². The smallest absolute Gasteiger partial charge is 0.187 e. The van der Waals surface area contributed by atoms with Crippen LogP contribution in [-0.2, 0) is 114 Å². The molecule has 40 saturated heterocycles. The normalized spacial score (nSPS) is 55.2. The van der Waals surface area contributed by atoms with Crippen molar-refractivity contribution in [2.45, 2.75) is 368 Å². The average Bonchev–Trinajstić information content (AvgIpc) is 0.768. The first-order valence-corrected chi connectivity index (χ1v) is 42.2. The Kier molecular flexibility index (Phi) is 37.2. The molecule has 60 heteroatoms. The molecule has 0 aromatic heterocycles. The van der Waals surface area contributed by atoms with Gasteiger partial charge in [0, 0.05) is 0 Å². The molecule has 768 valence electrons. The van der Waals surface area contributed by atoms with E-state index in [2.05, 4.69) is 0 Å². The van der Waals surface area contributed by atoms with E-state index in [9.17, 15) is 184 Å². The van der Waals surface area contributed by atoms with Crippen molar-refractivity contribution in [3.8, 4) is 0 Å². The van der Waals surface area contributed by atoms with Crippen LogP contribution in [0.15, 0.2) is 0 Å². The molecule has 60 nitrogen and oxygen atoms in total. The number of hydrogen-bond donors (Lipinski definition) is 36. The van der Waals surface area contributed by atoms with E-state index in [1.54, 1.807) is 0 Å². The summed E-state index contributed by atoms with van der Waals surface area (Å²) in [5.41, 5.74) is 0. The van der Waals surface area contributed by atoms with Gasteiger partial charge in [0.25, 0.3) is 0 Å². The fraction of sp³-hybridized carbons (Fsp3) is 1.00. The Hall–Kier alpha value is -2.40. The molecule has 40 fully saturated rings. The van der Waals surface area contributed by atoms with Gasteiger partial charge in [0.05, 0.1) is 79.3 Å². The maximum atomic E-state index is 12.2. The lowest BCUT2D eigenvalue weighted by Crippen LogP contribution is -2.69. The summed E-state index contributed by atoms with van der Waals surface area (Å²) in [5.74, 6) is 0. The summed E-state index contributed by atoms with van der Waals surface area (Å²) in [7, 11) is 0. The first kappa shape index (κ1) is 107. The second kappa shape index (κ2) is 45.9. The Bertz CT molecular complexity index is 3420. The number of rotatable bonds is 16. The number of ether oxygens (including phenoxy) is 24. The third-order valence-electron chi connectivity index (χ3n) is 25.3. The predicted octanol–water partition coefficient (Wildman–Crippen LogP) is -26.1. The number of hydrogen-bond acceptors (Lipinski definition) is 60. The minimum atomic E-state index is -2.53. The van der Waals surface area contributed by atoms with E-state index in [1.807, 2.05) is 0 Å². The van der Waals surface area contributed by atoms with E-state index in [0.717, 1.165) is 0 Å². The molecule has 0 saturated carbocycles. The molecule has 132 heavy (non-hydrogen) atoms. The summed E-state index contributed by atoms with van der Waals surface area (Å²) in [5, 5.41) is 405. The molecule has 0 radical (unpaired) electrons. The van der Waals surface area contributed by atoms with Crippen molar-refractivity contribution in [2.75, 3.05) is 79.3 Å². The molecule has 40 aliphatic rings. The molecular weight excluding hydrogens is 1820 g/mol. The fourth-order valence-corrected chi connectivity index (χ4v) is 17.7. The van der Waals surface area contributed by atoms with Crippen molar-refractivity contribution in [2.24, 2.45) is 0 Å². The van der Waals surface area contributed by atoms with E-state index < -0.39 is 448 Å². The van der Waals surface area contributed by atoms with Crippen LogP contribution in [0.2, 0.25) is 0 Å². The van der Waals surface area contributed by atoms with Crippen LogP contribution in [0.4, 0.5) is 0 Å². The molecule has 0 aromatic rings. The SMILES string of the molecule is OC[C@H]1O[C@@H](O[C@H]2[C@H](O)[C@@H](O)[C@H](OC[C@H]3O[C@H]4O[C@H]5[C@H](O)[C@@H](O)[C@H](O[C@H]6[C@H](O)[C@@H](O)[C@H](O[C@H]7[C@H](O)[C@@H](O)[C@H](O[C@H]8[C@H](O)[C@@H](O)[C@H](O[C@H]9[C@H](O)[C@@H](O)[C@H](O[C@H]%10[C@H](O)[C@@H](O)[C@H](O[C@H]%11[C@H](O)[C@@H](O)[C@H](O[C@H]%12[C@H](O)[C@@H](O)[C@H](O[C@H]%13[C@H](O)[C@@H](O)[C@H](O[C@H]3[C@H](O)[C@H]4O)O[C@@H]%13CO)O[C@@H]%12CO)O[C@@H]%11CO)O[C@@H]%10CO)O[C@@H]9CO)O[C@@H]8CO)O[C@@H]7CO)O[C@@H]6CO)O[C@@H]5CO)O[C@@H]2CO)[C@H](O)[C@@H](O)[C@@H]1O. The first-order valence-electron chi connectivity index (χ1n) is 42.2. The molecule has 0 unspecified atom stereocenters. The van der Waals surface area contributed by atoms with Crippen molar-refractivity contribution >= 4 is 0 Å². The van der Waals surface area contributed by atoms with Crippen LogP contribution in [-0.4, -0.2) is 632 Å². The Morgan fingerprint density at radius 2 is 0.303 bits per heavy atom. The lowest BCUT2D eigenvalue weighted by molar-refractivity contribution is -0.405. The van der Waals surface area contributed by atoms with Crippen molar-refractivity contribution in [3.05, 3.63) is 0 Å². The van der Waals surface area contributed by atoms with Gasteiger partial charge in [-0.25, -0.2) is 0 Å². The molecule has 0 amide bonds. The van der Waals surface area contributed by atoms with Crippen molar-refractivity contribution < 1.29 is 298 Å². The summed E-state index contributed by atoms with van der Waals surface area (Å²) in [4.78, 5) is 0. The van der Waals surface area contributed by atoms with Crippen molar-refractivity contribution in [3.63, 3.8) is 0 Å². The molecule has 36 N–H and O–H groups in total. The molecule has 0 aromatic carbocycles. The van der Waals surface area contributed by atoms with Gasteiger partial charge < -0.3 is 298 Å². The van der Waals surface area contributed by atoms with E-state index in [-0.39, 0.29) is 0 Å². The summed E-state index contributed by atoms with van der Waals surface area (Å²) in [6.45, 7) is -14.1. The van der Waals surface area contributed by atoms with Crippen LogP contribution < -0.4 is 0 Å². The van der Waals surface area contributed by atoms with Gasteiger partial charge in [0.15, 0.2) is 75.5 Å². The molecule has 0 spiro atoms. The molecule has 0 aliphatic carbocycles. The first-order chi connectivity index (χ1) is 62.8. The molecule has 40 rings (SSSR count). The van der Waals surface area contributed by atoms with Gasteiger partial charge in [-0.3, -0.25) is 0 Å². The van der Waals surface area contributed by atoms with Crippen LogP contribution >= 0.6 is 0 Å². The Morgan fingerprint density at radius 3 is 0.492 bits per heavy atom. The van der Waals surface area contributed by atoms with Gasteiger partial charge in [-0.05, 0) is 0 Å². The standard InChI is InChI=1S/C72H120O60/c73-1-13-25(84)26(85)38(97)62(110-13)122-50-14(2-74)111-61(39(98)27(50)86)109-12-24-60-37(96)49(108)72(121-24)131-59-23(11-83)119-70(47(106)35(59)94)129-57-21(9-81)117-68(45(104)33(57)92)127-55-19(7-79)115-66(43(102)31(55)90)125-53-17(5-77)113-64(41(100)29(53)88)123-51-15(3-75)112-63(40(99)28(51)87)124-52-16(4-76)114-65(42(101)30(52)89)126-54-18(6-78)116-67(44(103)32(54)91)128-56-20(8-80)118-69(46(105)34(56)93)130-58-22(10-82)120-71(132-60)48(107)36(58)95/h13-108H,1-12H2/t13-,14-,15-,16-,17-,18-,19-,20-,21-,22-,23-,24-,25-,26+,27-,28-,29-,30-,31-,32-,33-,34-,35-,36-,37-,38-,39-,40-,41-,42-,43-,44-,45-,46-,47-,48-,49-,50-,51-,52-,53-,54-,55-,56-,57-,58-,59-,60-,61-,62+,63+,64+,65+,66+,67+,68+,69+,70+,71+,72+/m1/s1. The third-order valence-corrected chi connectivity index (χ3v) is 25.3. The van der Waals surface area contributed by atoms with Crippen molar-refractivity contribution in [1.82, 2.24) is 0 Å². The summed E-state index contributed by atoms with van der Waals surface area (Å²) in [6, 6.07) is 0. The largest absolute Gasteiger partial charge is 0.394 e. The summed E-state index contributed by atoms with van der Waals surface area (Å²) in [6.07, 6.45) is -131. The summed E-state index contributed by atoms with van der Waals surface area (Å²) < 4.78 is 138. The Morgan fingerprint density at radius 1 is 0.136 bits per heavy atom. The highest BCUT2D eigenvalue weighted by Crippen LogP contribution is 2.43. The van der Waals surface area contributed by atoms with E-state index in [1.165, 1.54) is 0 Å². The second-order valence-corrected chi connectivity index (χ2v) is 33.7. The Balaban J connectivity index is 0.760. The fourth-order valence-electron chi connectivity index (χ4n) is 17.7. The minimum absolute atomic E-state index is 0.949. The number of aliphatic hydroxyl groups excluding tert-OH is 36. The maximum absolute atomic E-state index is 12.2. The predicted molar refractivity (Wildman–Crippen MR) is 392 cm³/mol. The molecular formula is C72H120O60. The lowest BCUT2D eigenvalue weighted by atomic mass is 9.94. The molecule has 60 atom stereocenters. The van der Waals surface area contributed by atoms with Gasteiger partial charge in [-0.15, -0.1) is 0 Å². The molecule has 40 aliphatic heterocycles. The van der Waals surface area contributed by atoms with Crippen molar-refractivity contribution in [1.29, 1.82) is 0 Å². The second-order valence-electron chi connectivity index (χ2n) is 33.7. The van der Waals surface area contributed by atoms with Gasteiger partial charge in [0.1, 0.15) is 293 Å². The summed E-state index contributed by atoms with van der Waals surface area (Å²) >= 11 is 0. The van der Waals surface area contributed by atoms with Crippen LogP contribution in [0.1, 0.15) is 0 Å². The van der Waals surface area contributed by atoms with E-state index in [4.69, 9.17) is 114 Å². The van der Waals surface area contributed by atoms with E-state index in [0.29, 0.717) is 0 Å². The van der Waals surface area contributed by atoms with Gasteiger partial charge in [-0.2, -0.15) is 0 Å². The average molecular weight is 1950 g/mol. The van der Waals surface area contributed by atoms with Gasteiger partial charge in [0.2, 0.25) is 0 Å². The lowest BCUT2D eigenvalue weighted by Gasteiger charge is -2.50. The monoisotopic (exact) mass is 1940 g/mol. The zero-order valence-corrected chi connectivity index (χ0v) is 69.0. The Labute approximate surface area is 743 Å². The molecule has 20 bridgehead atoms. The van der Waals surface area contributed by atoms with Gasteiger partial charge >= 0.3 is 0 Å². The highest BCUT2D eigenvalue weighted by atomic mass is 16.8.